The molecule has 1 fully saturated rings. The van der Waals surface area contributed by atoms with Crippen molar-refractivity contribution < 1.29 is 33.0 Å². The predicted octanol–water partition coefficient (Wildman–Crippen LogP) is 0.447. The average molecular weight is 290 g/mol. The zero-order chi connectivity index (χ0) is 13.1. The van der Waals surface area contributed by atoms with E-state index >= 15 is 0 Å². The third kappa shape index (κ3) is 5.73. The van der Waals surface area contributed by atoms with Gasteiger partial charge in [0.15, 0.2) is 0 Å². The molecule has 0 heterocycles. The Kier molecular flexibility index (Phi) is 5.96. The number of aliphatic hydroxyl groups excluding tert-OH is 1. The summed E-state index contributed by atoms with van der Waals surface area (Å²) in [5.74, 6) is 0. The quantitative estimate of drug-likeness (QED) is 0.557. The summed E-state index contributed by atoms with van der Waals surface area (Å²) in [6.45, 7) is 1.26. The van der Waals surface area contributed by atoms with Crippen LogP contribution in [0.4, 0.5) is 0 Å². The van der Waals surface area contributed by atoms with Gasteiger partial charge in [-0.3, -0.25) is 0 Å². The summed E-state index contributed by atoms with van der Waals surface area (Å²) < 4.78 is 25.7. The third-order valence-corrected chi connectivity index (χ3v) is 6.08. The van der Waals surface area contributed by atoms with Crippen LogP contribution in [0.5, 0.6) is 0 Å². The van der Waals surface area contributed by atoms with Crippen molar-refractivity contribution in [3.8, 4) is 0 Å². The van der Waals surface area contributed by atoms with Crippen LogP contribution in [0.15, 0.2) is 0 Å². The van der Waals surface area contributed by atoms with Crippen LogP contribution in [0.1, 0.15) is 19.8 Å². The molecule has 0 bridgehead atoms. The Hall–Kier alpha value is 0.420. The van der Waals surface area contributed by atoms with E-state index < -0.39 is 28.4 Å². The van der Waals surface area contributed by atoms with Gasteiger partial charge in [-0.15, -0.1) is 0 Å². The van der Waals surface area contributed by atoms with Crippen LogP contribution in [-0.2, 0) is 18.1 Å². The standard InChI is InChI=1S/C8H20O7P2/c1-6(9)8(13-2)5-14-17(11,12)15-16(10)7-3-4-7/h6-9,11-12,16-17H,3-5H2,1-2H3. The van der Waals surface area contributed by atoms with Crippen molar-refractivity contribution in [2.24, 2.45) is 0 Å². The number of hydrogen-bond donors (Lipinski definition) is 3. The molecule has 1 aliphatic rings. The van der Waals surface area contributed by atoms with Crippen LogP contribution in [-0.4, -0.2) is 46.5 Å². The molecule has 3 N–H and O–H groups in total. The molecule has 17 heavy (non-hydrogen) atoms. The van der Waals surface area contributed by atoms with E-state index in [1.54, 1.807) is 0 Å². The molecule has 9 heteroatoms. The van der Waals surface area contributed by atoms with Gasteiger partial charge in [0.1, 0.15) is 0 Å². The van der Waals surface area contributed by atoms with Crippen LogP contribution in [0, 0.1) is 0 Å². The first kappa shape index (κ1) is 15.5. The minimum absolute atomic E-state index is 0.0511. The molecule has 0 aromatic carbocycles. The van der Waals surface area contributed by atoms with Gasteiger partial charge in [0.25, 0.3) is 0 Å². The Morgan fingerprint density at radius 1 is 1.47 bits per heavy atom. The molecule has 1 rings (SSSR count). The molecular formula is C8H20O7P2. The van der Waals surface area contributed by atoms with E-state index in [4.69, 9.17) is 9.26 Å². The second-order valence-corrected chi connectivity index (χ2v) is 7.73. The molecule has 0 aromatic heterocycles. The third-order valence-electron chi connectivity index (χ3n) is 2.42. The molecule has 0 saturated heterocycles. The van der Waals surface area contributed by atoms with E-state index in [0.29, 0.717) is 0 Å². The molecule has 1 saturated carbocycles. The molecule has 104 valence electrons. The Balaban J connectivity index is 2.34. The molecular weight excluding hydrogens is 270 g/mol. The van der Waals surface area contributed by atoms with Gasteiger partial charge in [0, 0.05) is 0 Å². The van der Waals surface area contributed by atoms with Gasteiger partial charge in [-0.05, 0) is 0 Å². The van der Waals surface area contributed by atoms with E-state index in [2.05, 4.69) is 4.31 Å². The van der Waals surface area contributed by atoms with Gasteiger partial charge in [0.05, 0.1) is 0 Å². The van der Waals surface area contributed by atoms with Crippen LogP contribution in [0.3, 0.4) is 0 Å². The Labute approximate surface area is 101 Å². The first-order valence-electron chi connectivity index (χ1n) is 5.38. The van der Waals surface area contributed by atoms with Crippen molar-refractivity contribution in [2.45, 2.75) is 37.6 Å². The number of methoxy groups -OCH3 is 1. The van der Waals surface area contributed by atoms with Crippen LogP contribution >= 0.6 is 16.2 Å². The van der Waals surface area contributed by atoms with Gasteiger partial charge >= 0.3 is 101 Å². The Morgan fingerprint density at radius 2 is 2.06 bits per heavy atom. The van der Waals surface area contributed by atoms with Crippen LogP contribution < -0.4 is 0 Å². The number of ether oxygens (including phenoxy) is 1. The van der Waals surface area contributed by atoms with Crippen molar-refractivity contribution in [3.05, 3.63) is 0 Å². The fourth-order valence-corrected chi connectivity index (χ4v) is 4.13. The number of rotatable bonds is 8. The zero-order valence-electron chi connectivity index (χ0n) is 9.83. The molecule has 3 unspecified atom stereocenters. The monoisotopic (exact) mass is 290 g/mol. The molecule has 0 radical (unpaired) electrons. The summed E-state index contributed by atoms with van der Waals surface area (Å²) in [4.78, 5) is 18.9. The van der Waals surface area contributed by atoms with E-state index in [-0.39, 0.29) is 12.3 Å². The summed E-state index contributed by atoms with van der Waals surface area (Å²) in [5.41, 5.74) is -0.0511. The molecule has 7 nitrogen and oxygen atoms in total. The van der Waals surface area contributed by atoms with Gasteiger partial charge in [-0.2, -0.15) is 0 Å². The number of hydrogen-bond acceptors (Lipinski definition) is 7. The average Bonchev–Trinajstić information content (AvgIpc) is 2.99. The summed E-state index contributed by atoms with van der Waals surface area (Å²) in [7, 11) is -5.45. The maximum absolute atomic E-state index is 11.4. The fourth-order valence-electron chi connectivity index (χ4n) is 1.16. The molecule has 0 amide bonds. The Bertz CT molecular complexity index is 267. The fraction of sp³-hybridized carbons (Fsp3) is 1.00. The minimum atomic E-state index is -4.37. The van der Waals surface area contributed by atoms with E-state index in [9.17, 15) is 19.5 Å². The molecule has 1 aliphatic carbocycles. The second-order valence-electron chi connectivity index (χ2n) is 4.07. The molecule has 3 atom stereocenters. The van der Waals surface area contributed by atoms with Crippen molar-refractivity contribution in [1.29, 1.82) is 0 Å². The zero-order valence-corrected chi connectivity index (χ0v) is 11.8. The van der Waals surface area contributed by atoms with Crippen molar-refractivity contribution in [3.63, 3.8) is 0 Å². The van der Waals surface area contributed by atoms with Gasteiger partial charge in [-0.25, -0.2) is 0 Å². The summed E-state index contributed by atoms with van der Waals surface area (Å²) >= 11 is 0. The normalized spacial score (nSPS) is 23.1. The first-order valence-corrected chi connectivity index (χ1v) is 8.48. The SMILES string of the molecule is COC(CO[PH](O)(O)O[PH](=O)C1CC1)C(C)O. The second kappa shape index (κ2) is 6.55. The van der Waals surface area contributed by atoms with Crippen molar-refractivity contribution in [1.82, 2.24) is 0 Å². The molecule has 0 aliphatic heterocycles. The van der Waals surface area contributed by atoms with Crippen LogP contribution in [0.25, 0.3) is 0 Å². The van der Waals surface area contributed by atoms with E-state index in [1.807, 2.05) is 0 Å². The first-order chi connectivity index (χ1) is 7.85. The Morgan fingerprint density at radius 3 is 2.47 bits per heavy atom. The van der Waals surface area contributed by atoms with Crippen LogP contribution in [0.2, 0.25) is 0 Å². The maximum atomic E-state index is 11.4. The number of aliphatic hydroxyl groups is 1. The van der Waals surface area contributed by atoms with E-state index in [0.717, 1.165) is 12.8 Å². The van der Waals surface area contributed by atoms with Gasteiger partial charge in [0.2, 0.25) is 0 Å². The summed E-state index contributed by atoms with van der Waals surface area (Å²) in [6.07, 6.45) is 0.0751. The topological polar surface area (TPSA) is 105 Å². The predicted molar refractivity (Wildman–Crippen MR) is 64.3 cm³/mol. The molecule has 0 aromatic rings. The van der Waals surface area contributed by atoms with Crippen molar-refractivity contribution in [2.75, 3.05) is 13.7 Å². The van der Waals surface area contributed by atoms with E-state index in [1.165, 1.54) is 14.0 Å². The van der Waals surface area contributed by atoms with Crippen molar-refractivity contribution >= 4 is 16.2 Å². The van der Waals surface area contributed by atoms with Gasteiger partial charge in [-0.1, -0.05) is 0 Å². The van der Waals surface area contributed by atoms with Gasteiger partial charge < -0.3 is 0 Å². The summed E-state index contributed by atoms with van der Waals surface area (Å²) in [6, 6.07) is 0. The summed E-state index contributed by atoms with van der Waals surface area (Å²) in [5, 5.41) is 9.24. The molecule has 0 spiro atoms.